The second-order valence-electron chi connectivity index (χ2n) is 6.04. The van der Waals surface area contributed by atoms with Crippen molar-refractivity contribution in [2.45, 2.75) is 38.6 Å². The molecule has 2 rings (SSSR count). The number of methoxy groups -OCH3 is 1. The lowest BCUT2D eigenvalue weighted by Crippen LogP contribution is -2.43. The zero-order valence-electron chi connectivity index (χ0n) is 14.2. The highest BCUT2D eigenvalue weighted by Crippen LogP contribution is 2.25. The molecule has 6 heteroatoms. The number of hydrogen-bond donors (Lipinski definition) is 1. The van der Waals surface area contributed by atoms with Crippen molar-refractivity contribution in [1.82, 2.24) is 5.32 Å². The Morgan fingerprint density at radius 3 is 2.54 bits per heavy atom. The molecule has 1 amide bonds. The van der Waals surface area contributed by atoms with Crippen molar-refractivity contribution in [1.29, 1.82) is 0 Å². The lowest BCUT2D eigenvalue weighted by atomic mass is 9.86. The maximum Gasteiger partial charge on any atom is 0.344 e. The van der Waals surface area contributed by atoms with Crippen LogP contribution in [0.3, 0.4) is 0 Å². The first-order valence-corrected chi connectivity index (χ1v) is 8.31. The molecule has 0 spiro atoms. The Morgan fingerprint density at radius 2 is 1.83 bits per heavy atom. The molecule has 1 N–H and O–H groups in total. The Hall–Kier alpha value is -2.24. The highest BCUT2D eigenvalue weighted by molar-refractivity contribution is 5.81. The third kappa shape index (κ3) is 5.44. The van der Waals surface area contributed by atoms with Gasteiger partial charge in [0.25, 0.3) is 5.91 Å². The van der Waals surface area contributed by atoms with E-state index in [1.807, 2.05) is 0 Å². The zero-order chi connectivity index (χ0) is 17.4. The van der Waals surface area contributed by atoms with Gasteiger partial charge in [-0.15, -0.1) is 0 Å². The van der Waals surface area contributed by atoms with Crippen LogP contribution >= 0.6 is 0 Å². The Morgan fingerprint density at radius 1 is 1.12 bits per heavy atom. The highest BCUT2D eigenvalue weighted by Gasteiger charge is 2.23. The molecule has 6 nitrogen and oxygen atoms in total. The normalized spacial score (nSPS) is 20.1. The van der Waals surface area contributed by atoms with E-state index in [1.54, 1.807) is 24.3 Å². The number of benzene rings is 1. The van der Waals surface area contributed by atoms with Crippen molar-refractivity contribution >= 4 is 11.9 Å². The fourth-order valence-corrected chi connectivity index (χ4v) is 2.84. The van der Waals surface area contributed by atoms with Crippen LogP contribution in [0, 0.1) is 5.92 Å². The standard InChI is InChI=1S/C18H25NO5/c1-13-7-3-4-8-14(13)19-17(20)11-24-18(21)12-23-16-10-6-5-9-15(16)22-2/h5-6,9-10,13-14H,3-4,7-8,11-12H2,1-2H3,(H,19,20)/t13-,14-/m1/s1. The topological polar surface area (TPSA) is 73.9 Å². The summed E-state index contributed by atoms with van der Waals surface area (Å²) in [6.07, 6.45) is 4.44. The number of rotatable bonds is 7. The van der Waals surface area contributed by atoms with E-state index in [2.05, 4.69) is 12.2 Å². The van der Waals surface area contributed by atoms with Gasteiger partial charge < -0.3 is 19.5 Å². The van der Waals surface area contributed by atoms with Gasteiger partial charge in [0.1, 0.15) is 0 Å². The second kappa shape index (κ2) is 9.15. The van der Waals surface area contributed by atoms with Crippen molar-refractivity contribution < 1.29 is 23.8 Å². The third-order valence-corrected chi connectivity index (χ3v) is 4.24. The Balaban J connectivity index is 1.69. The molecule has 1 fully saturated rings. The molecule has 0 heterocycles. The van der Waals surface area contributed by atoms with Gasteiger partial charge in [0.15, 0.2) is 24.7 Å². The number of amides is 1. The minimum Gasteiger partial charge on any atom is -0.493 e. The van der Waals surface area contributed by atoms with Crippen LogP contribution in [-0.4, -0.2) is 38.2 Å². The zero-order valence-corrected chi connectivity index (χ0v) is 14.2. The van der Waals surface area contributed by atoms with Crippen LogP contribution < -0.4 is 14.8 Å². The Kier molecular flexibility index (Phi) is 6.90. The maximum atomic E-state index is 11.9. The SMILES string of the molecule is COc1ccccc1OCC(=O)OCC(=O)N[C@@H]1CCCC[C@H]1C. The molecule has 1 aliphatic rings. The van der Waals surface area contributed by atoms with E-state index in [0.717, 1.165) is 19.3 Å². The summed E-state index contributed by atoms with van der Waals surface area (Å²) in [5, 5.41) is 2.94. The van der Waals surface area contributed by atoms with Gasteiger partial charge in [0.05, 0.1) is 7.11 Å². The van der Waals surface area contributed by atoms with Crippen LogP contribution in [0.5, 0.6) is 11.5 Å². The predicted molar refractivity (Wildman–Crippen MR) is 89.0 cm³/mol. The summed E-state index contributed by atoms with van der Waals surface area (Å²) in [5.74, 6) is 0.603. The van der Waals surface area contributed by atoms with E-state index in [0.29, 0.717) is 17.4 Å². The summed E-state index contributed by atoms with van der Waals surface area (Å²) < 4.78 is 15.4. The summed E-state index contributed by atoms with van der Waals surface area (Å²) >= 11 is 0. The second-order valence-corrected chi connectivity index (χ2v) is 6.04. The van der Waals surface area contributed by atoms with Gasteiger partial charge in [-0.1, -0.05) is 31.9 Å². The van der Waals surface area contributed by atoms with Gasteiger partial charge >= 0.3 is 5.97 Å². The lowest BCUT2D eigenvalue weighted by molar-refractivity contribution is -0.150. The molecule has 0 radical (unpaired) electrons. The summed E-state index contributed by atoms with van der Waals surface area (Å²) in [4.78, 5) is 23.6. The number of hydrogen-bond acceptors (Lipinski definition) is 5. The summed E-state index contributed by atoms with van der Waals surface area (Å²) in [5.41, 5.74) is 0. The van der Waals surface area contributed by atoms with Gasteiger partial charge in [0, 0.05) is 6.04 Å². The van der Waals surface area contributed by atoms with E-state index >= 15 is 0 Å². The molecule has 0 unspecified atom stereocenters. The van der Waals surface area contributed by atoms with Crippen molar-refractivity contribution in [2.75, 3.05) is 20.3 Å². The molecular weight excluding hydrogens is 310 g/mol. The molecule has 0 aliphatic heterocycles. The minimum atomic E-state index is -0.590. The monoisotopic (exact) mass is 335 g/mol. The smallest absolute Gasteiger partial charge is 0.344 e. The van der Waals surface area contributed by atoms with E-state index in [4.69, 9.17) is 14.2 Å². The van der Waals surface area contributed by atoms with Crippen LogP contribution in [0.25, 0.3) is 0 Å². The number of carbonyl (C=O) groups excluding carboxylic acids is 2. The van der Waals surface area contributed by atoms with Gasteiger partial charge in [-0.05, 0) is 30.9 Å². The third-order valence-electron chi connectivity index (χ3n) is 4.24. The molecule has 1 aliphatic carbocycles. The fourth-order valence-electron chi connectivity index (χ4n) is 2.84. The van der Waals surface area contributed by atoms with Gasteiger partial charge in [0.2, 0.25) is 0 Å². The maximum absolute atomic E-state index is 11.9. The number of esters is 1. The van der Waals surface area contributed by atoms with Gasteiger partial charge in [-0.2, -0.15) is 0 Å². The predicted octanol–water partition coefficient (Wildman–Crippen LogP) is 2.31. The molecular formula is C18H25NO5. The molecule has 0 aromatic heterocycles. The first-order valence-electron chi connectivity index (χ1n) is 8.31. The van der Waals surface area contributed by atoms with Gasteiger partial charge in [-0.25, -0.2) is 4.79 Å². The van der Waals surface area contributed by atoms with E-state index in [-0.39, 0.29) is 25.2 Å². The number of para-hydroxylation sites is 2. The Bertz CT molecular complexity index is 560. The lowest BCUT2D eigenvalue weighted by Gasteiger charge is -2.29. The summed E-state index contributed by atoms with van der Waals surface area (Å²) in [6, 6.07) is 7.19. The van der Waals surface area contributed by atoms with Crippen LogP contribution in [0.2, 0.25) is 0 Å². The average molecular weight is 335 g/mol. The van der Waals surface area contributed by atoms with E-state index in [9.17, 15) is 9.59 Å². The van der Waals surface area contributed by atoms with Crippen molar-refractivity contribution in [3.63, 3.8) is 0 Å². The molecule has 0 bridgehead atoms. The molecule has 0 saturated heterocycles. The fraction of sp³-hybridized carbons (Fsp3) is 0.556. The van der Waals surface area contributed by atoms with E-state index in [1.165, 1.54) is 13.5 Å². The first kappa shape index (κ1) is 18.1. The first-order chi connectivity index (χ1) is 11.6. The number of carbonyl (C=O) groups is 2. The van der Waals surface area contributed by atoms with Crippen LogP contribution in [0.15, 0.2) is 24.3 Å². The Labute approximate surface area is 142 Å². The molecule has 1 aromatic carbocycles. The van der Waals surface area contributed by atoms with Crippen molar-refractivity contribution in [2.24, 2.45) is 5.92 Å². The molecule has 132 valence electrons. The molecule has 1 aromatic rings. The van der Waals surface area contributed by atoms with Crippen LogP contribution in [0.4, 0.5) is 0 Å². The van der Waals surface area contributed by atoms with Crippen LogP contribution in [-0.2, 0) is 14.3 Å². The van der Waals surface area contributed by atoms with Crippen molar-refractivity contribution in [3.05, 3.63) is 24.3 Å². The van der Waals surface area contributed by atoms with Crippen molar-refractivity contribution in [3.8, 4) is 11.5 Å². The van der Waals surface area contributed by atoms with E-state index < -0.39 is 5.97 Å². The number of ether oxygens (including phenoxy) is 3. The van der Waals surface area contributed by atoms with Gasteiger partial charge in [-0.3, -0.25) is 4.79 Å². The minimum absolute atomic E-state index is 0.176. The number of nitrogens with one attached hydrogen (secondary N) is 1. The summed E-state index contributed by atoms with van der Waals surface area (Å²) in [7, 11) is 1.52. The average Bonchev–Trinajstić information content (AvgIpc) is 2.60. The molecule has 1 saturated carbocycles. The molecule has 24 heavy (non-hydrogen) atoms. The largest absolute Gasteiger partial charge is 0.493 e. The quantitative estimate of drug-likeness (QED) is 0.774. The molecule has 2 atom stereocenters. The summed E-state index contributed by atoms with van der Waals surface area (Å²) in [6.45, 7) is 1.59. The van der Waals surface area contributed by atoms with Crippen LogP contribution in [0.1, 0.15) is 32.6 Å². The highest BCUT2D eigenvalue weighted by atomic mass is 16.6.